The molecular weight excluding hydrogens is 319 g/mol. The first-order valence-electron chi connectivity index (χ1n) is 4.49. The maximum absolute atomic E-state index is 10.8. The molecular formula is C10H9BrCl2O3. The molecule has 0 saturated heterocycles. The van der Waals surface area contributed by atoms with Crippen molar-refractivity contribution in [1.82, 2.24) is 0 Å². The molecule has 0 bridgehead atoms. The minimum Gasteiger partial charge on any atom is -0.479 e. The highest BCUT2D eigenvalue weighted by Gasteiger charge is 2.17. The Morgan fingerprint density at radius 2 is 2.00 bits per heavy atom. The molecule has 16 heavy (non-hydrogen) atoms. The van der Waals surface area contributed by atoms with Gasteiger partial charge in [0.15, 0.2) is 6.10 Å². The fraction of sp³-hybridized carbons (Fsp3) is 0.300. The Morgan fingerprint density at radius 3 is 2.38 bits per heavy atom. The lowest BCUT2D eigenvalue weighted by Gasteiger charge is -2.14. The zero-order valence-electron chi connectivity index (χ0n) is 8.34. The van der Waals surface area contributed by atoms with Crippen LogP contribution in [0.1, 0.15) is 13.3 Å². The number of halogens is 3. The summed E-state index contributed by atoms with van der Waals surface area (Å²) >= 11 is 14.9. The van der Waals surface area contributed by atoms with Crippen molar-refractivity contribution in [2.24, 2.45) is 0 Å². The van der Waals surface area contributed by atoms with Gasteiger partial charge in [-0.05, 0) is 22.4 Å². The zero-order valence-corrected chi connectivity index (χ0v) is 11.4. The van der Waals surface area contributed by atoms with E-state index in [4.69, 9.17) is 33.0 Å². The van der Waals surface area contributed by atoms with Crippen LogP contribution in [-0.4, -0.2) is 17.2 Å². The van der Waals surface area contributed by atoms with Crippen LogP contribution in [-0.2, 0) is 4.79 Å². The number of hydrogen-bond donors (Lipinski definition) is 1. The number of benzene rings is 1. The molecule has 1 unspecified atom stereocenters. The molecule has 3 nitrogen and oxygen atoms in total. The number of aliphatic carboxylic acids is 1. The number of hydrogen-bond acceptors (Lipinski definition) is 2. The van der Waals surface area contributed by atoms with Gasteiger partial charge in [-0.25, -0.2) is 4.79 Å². The van der Waals surface area contributed by atoms with E-state index < -0.39 is 12.1 Å². The van der Waals surface area contributed by atoms with Gasteiger partial charge >= 0.3 is 5.97 Å². The molecule has 6 heteroatoms. The molecule has 88 valence electrons. The quantitative estimate of drug-likeness (QED) is 0.850. The fourth-order valence-electron chi connectivity index (χ4n) is 1.07. The molecule has 1 aromatic rings. The second-order valence-corrected chi connectivity index (χ2v) is 4.66. The minimum atomic E-state index is -1.02. The first kappa shape index (κ1) is 13.6. The minimum absolute atomic E-state index is 0.340. The number of carboxylic acid groups (broad SMARTS) is 1. The van der Waals surface area contributed by atoms with E-state index in [1.54, 1.807) is 6.92 Å². The van der Waals surface area contributed by atoms with Crippen molar-refractivity contribution in [2.75, 3.05) is 0 Å². The van der Waals surface area contributed by atoms with Crippen molar-refractivity contribution in [2.45, 2.75) is 19.4 Å². The van der Waals surface area contributed by atoms with E-state index in [0.29, 0.717) is 26.7 Å². The van der Waals surface area contributed by atoms with E-state index in [0.717, 1.165) is 0 Å². The molecule has 0 radical (unpaired) electrons. The fourth-order valence-corrected chi connectivity index (χ4v) is 1.77. The van der Waals surface area contributed by atoms with E-state index in [1.165, 1.54) is 12.1 Å². The molecule has 0 fully saturated rings. The predicted octanol–water partition coefficient (Wildman–Crippen LogP) is 4.00. The third-order valence-electron chi connectivity index (χ3n) is 1.88. The van der Waals surface area contributed by atoms with Crippen LogP contribution in [0, 0.1) is 0 Å². The van der Waals surface area contributed by atoms with Crippen LogP contribution in [0.2, 0.25) is 10.0 Å². The highest BCUT2D eigenvalue weighted by molar-refractivity contribution is 9.10. The lowest BCUT2D eigenvalue weighted by atomic mass is 10.2. The standard InChI is InChI=1S/C10H9BrCl2O3/c1-2-8(10(14)15)16-5-3-6(12)9(11)7(13)4-5/h3-4,8H,2H2,1H3,(H,14,15). The molecule has 0 heterocycles. The van der Waals surface area contributed by atoms with Gasteiger partial charge in [-0.15, -0.1) is 0 Å². The first-order chi connectivity index (χ1) is 7.45. The van der Waals surface area contributed by atoms with Crippen molar-refractivity contribution in [3.8, 4) is 5.75 Å². The topological polar surface area (TPSA) is 46.5 Å². The molecule has 1 aromatic carbocycles. The van der Waals surface area contributed by atoms with Gasteiger partial charge in [-0.1, -0.05) is 30.1 Å². The maximum Gasteiger partial charge on any atom is 0.344 e. The highest BCUT2D eigenvalue weighted by Crippen LogP contribution is 2.34. The molecule has 1 atom stereocenters. The Kier molecular flexibility index (Phi) is 4.89. The summed E-state index contributed by atoms with van der Waals surface area (Å²) in [7, 11) is 0. The van der Waals surface area contributed by atoms with Crippen molar-refractivity contribution in [3.05, 3.63) is 26.7 Å². The lowest BCUT2D eigenvalue weighted by Crippen LogP contribution is -2.25. The SMILES string of the molecule is CCC(Oc1cc(Cl)c(Br)c(Cl)c1)C(=O)O. The van der Waals surface area contributed by atoms with Crippen molar-refractivity contribution in [3.63, 3.8) is 0 Å². The molecule has 0 saturated carbocycles. The highest BCUT2D eigenvalue weighted by atomic mass is 79.9. The maximum atomic E-state index is 10.8. The third kappa shape index (κ3) is 3.27. The first-order valence-corrected chi connectivity index (χ1v) is 6.04. The van der Waals surface area contributed by atoms with Gasteiger partial charge in [-0.3, -0.25) is 0 Å². The molecule has 0 aliphatic rings. The summed E-state index contributed by atoms with van der Waals surface area (Å²) in [6.45, 7) is 1.72. The number of ether oxygens (including phenoxy) is 1. The second kappa shape index (κ2) is 5.75. The Labute approximate surface area is 111 Å². The monoisotopic (exact) mass is 326 g/mol. The van der Waals surface area contributed by atoms with Gasteiger partial charge in [-0.2, -0.15) is 0 Å². The average Bonchev–Trinajstić information content (AvgIpc) is 2.21. The number of rotatable bonds is 4. The van der Waals surface area contributed by atoms with Crippen LogP contribution >= 0.6 is 39.1 Å². The molecule has 0 amide bonds. The Bertz CT molecular complexity index is 386. The summed E-state index contributed by atoms with van der Waals surface area (Å²) in [6.07, 6.45) is -0.533. The predicted molar refractivity (Wildman–Crippen MR) is 66.5 cm³/mol. The Balaban J connectivity index is 2.93. The molecule has 0 spiro atoms. The summed E-state index contributed by atoms with van der Waals surface area (Å²) in [5, 5.41) is 9.58. The summed E-state index contributed by atoms with van der Waals surface area (Å²) in [4.78, 5) is 10.8. The summed E-state index contributed by atoms with van der Waals surface area (Å²) in [5.41, 5.74) is 0. The van der Waals surface area contributed by atoms with E-state index in [-0.39, 0.29) is 0 Å². The number of carbonyl (C=O) groups is 1. The third-order valence-corrected chi connectivity index (χ3v) is 3.79. The molecule has 0 aliphatic carbocycles. The van der Waals surface area contributed by atoms with Crippen molar-refractivity contribution < 1.29 is 14.6 Å². The van der Waals surface area contributed by atoms with E-state index >= 15 is 0 Å². The van der Waals surface area contributed by atoms with Gasteiger partial charge in [0, 0.05) is 12.1 Å². The summed E-state index contributed by atoms with van der Waals surface area (Å²) in [5.74, 6) is -0.676. The number of carboxylic acids is 1. The van der Waals surface area contributed by atoms with E-state index in [9.17, 15) is 4.79 Å². The lowest BCUT2D eigenvalue weighted by molar-refractivity contribution is -0.145. The van der Waals surface area contributed by atoms with Crippen molar-refractivity contribution >= 4 is 45.1 Å². The van der Waals surface area contributed by atoms with Gasteiger partial charge in [0.05, 0.1) is 14.5 Å². The molecule has 0 aromatic heterocycles. The van der Waals surface area contributed by atoms with Crippen molar-refractivity contribution in [1.29, 1.82) is 0 Å². The molecule has 1 N–H and O–H groups in total. The summed E-state index contributed by atoms with van der Waals surface area (Å²) < 4.78 is 5.81. The molecule has 1 rings (SSSR count). The van der Waals surface area contributed by atoms with Gasteiger partial charge in [0.25, 0.3) is 0 Å². The van der Waals surface area contributed by atoms with Crippen LogP contribution in [0.4, 0.5) is 0 Å². The largest absolute Gasteiger partial charge is 0.479 e. The van der Waals surface area contributed by atoms with Crippen LogP contribution in [0.3, 0.4) is 0 Å². The van der Waals surface area contributed by atoms with E-state index in [2.05, 4.69) is 15.9 Å². The van der Waals surface area contributed by atoms with Crippen LogP contribution < -0.4 is 4.74 Å². The van der Waals surface area contributed by atoms with Gasteiger partial charge < -0.3 is 9.84 Å². The normalized spacial score (nSPS) is 12.2. The summed E-state index contributed by atoms with van der Waals surface area (Å²) in [6, 6.07) is 3.03. The van der Waals surface area contributed by atoms with E-state index in [1.807, 2.05) is 0 Å². The Morgan fingerprint density at radius 1 is 1.50 bits per heavy atom. The van der Waals surface area contributed by atoms with Crippen LogP contribution in [0.5, 0.6) is 5.75 Å². The Hall–Kier alpha value is -0.450. The van der Waals surface area contributed by atoms with Gasteiger partial charge in [0.1, 0.15) is 5.75 Å². The zero-order chi connectivity index (χ0) is 12.3. The smallest absolute Gasteiger partial charge is 0.344 e. The second-order valence-electron chi connectivity index (χ2n) is 3.05. The van der Waals surface area contributed by atoms with Gasteiger partial charge in [0.2, 0.25) is 0 Å². The van der Waals surface area contributed by atoms with Crippen LogP contribution in [0.25, 0.3) is 0 Å². The van der Waals surface area contributed by atoms with Crippen LogP contribution in [0.15, 0.2) is 16.6 Å². The molecule has 0 aliphatic heterocycles. The average molecular weight is 328 g/mol.